The standard InChI is InChI=1S/C19H22N4OS/c1-2-9-23(8-1)14(15-6-4-10-24-15)11-20-18-17-13-5-3-7-16(13)25-19(17)22-12-21-18/h4,6,10,12,14H,1-3,5,7-9,11H2,(H,20,21,22)/t14-/m0/s1. The molecule has 1 atom stereocenters. The molecule has 6 heteroatoms. The fraction of sp³-hybridized carbons (Fsp3) is 0.474. The summed E-state index contributed by atoms with van der Waals surface area (Å²) >= 11 is 1.84. The zero-order chi connectivity index (χ0) is 16.6. The lowest BCUT2D eigenvalue weighted by atomic mass is 10.1. The molecule has 0 radical (unpaired) electrons. The van der Waals surface area contributed by atoms with Crippen molar-refractivity contribution in [3.05, 3.63) is 40.9 Å². The molecule has 3 aromatic rings. The summed E-state index contributed by atoms with van der Waals surface area (Å²) in [6.07, 6.45) is 9.61. The lowest BCUT2D eigenvalue weighted by molar-refractivity contribution is 0.225. The van der Waals surface area contributed by atoms with Crippen LogP contribution in [0, 0.1) is 0 Å². The van der Waals surface area contributed by atoms with Crippen LogP contribution in [0.25, 0.3) is 10.2 Å². The van der Waals surface area contributed by atoms with E-state index in [0.717, 1.165) is 42.5 Å². The minimum Gasteiger partial charge on any atom is -0.468 e. The molecule has 4 heterocycles. The molecule has 1 fully saturated rings. The first-order valence-electron chi connectivity index (χ1n) is 9.17. The van der Waals surface area contributed by atoms with E-state index >= 15 is 0 Å². The van der Waals surface area contributed by atoms with Crippen LogP contribution in [0.2, 0.25) is 0 Å². The van der Waals surface area contributed by atoms with Gasteiger partial charge >= 0.3 is 0 Å². The van der Waals surface area contributed by atoms with Crippen LogP contribution in [0.1, 0.15) is 41.5 Å². The summed E-state index contributed by atoms with van der Waals surface area (Å²) in [4.78, 5) is 14.2. The summed E-state index contributed by atoms with van der Waals surface area (Å²) in [7, 11) is 0. The third-order valence-electron chi connectivity index (χ3n) is 5.42. The van der Waals surface area contributed by atoms with Crippen molar-refractivity contribution < 1.29 is 4.42 Å². The van der Waals surface area contributed by atoms with E-state index in [1.54, 1.807) is 12.6 Å². The van der Waals surface area contributed by atoms with Gasteiger partial charge in [0.25, 0.3) is 0 Å². The fourth-order valence-electron chi connectivity index (χ4n) is 4.20. The Morgan fingerprint density at radius 1 is 1.20 bits per heavy atom. The van der Waals surface area contributed by atoms with E-state index in [0.29, 0.717) is 0 Å². The highest BCUT2D eigenvalue weighted by molar-refractivity contribution is 7.19. The average Bonchev–Trinajstić information content (AvgIpc) is 3.39. The lowest BCUT2D eigenvalue weighted by Gasteiger charge is -2.26. The molecule has 1 saturated heterocycles. The second-order valence-corrected chi connectivity index (χ2v) is 8.00. The van der Waals surface area contributed by atoms with E-state index in [2.05, 4.69) is 26.3 Å². The summed E-state index contributed by atoms with van der Waals surface area (Å²) in [5.74, 6) is 2.02. The maximum absolute atomic E-state index is 5.73. The highest BCUT2D eigenvalue weighted by atomic mass is 32.1. The smallest absolute Gasteiger partial charge is 0.138 e. The minimum absolute atomic E-state index is 0.259. The van der Waals surface area contributed by atoms with E-state index in [1.165, 1.54) is 41.5 Å². The van der Waals surface area contributed by atoms with Gasteiger partial charge in [0.1, 0.15) is 22.7 Å². The Kier molecular flexibility index (Phi) is 3.94. The van der Waals surface area contributed by atoms with E-state index in [9.17, 15) is 0 Å². The maximum atomic E-state index is 5.73. The summed E-state index contributed by atoms with van der Waals surface area (Å²) in [5.41, 5.74) is 1.47. The first-order valence-corrected chi connectivity index (χ1v) is 9.98. The summed E-state index contributed by atoms with van der Waals surface area (Å²) in [6, 6.07) is 4.32. The van der Waals surface area contributed by atoms with Crippen molar-refractivity contribution in [1.82, 2.24) is 14.9 Å². The van der Waals surface area contributed by atoms with Crippen LogP contribution >= 0.6 is 11.3 Å². The number of nitrogens with one attached hydrogen (secondary N) is 1. The minimum atomic E-state index is 0.259. The predicted molar refractivity (Wildman–Crippen MR) is 100 cm³/mol. The van der Waals surface area contributed by atoms with Crippen LogP contribution in [0.3, 0.4) is 0 Å². The van der Waals surface area contributed by atoms with Crippen molar-refractivity contribution in [3.63, 3.8) is 0 Å². The van der Waals surface area contributed by atoms with E-state index in [1.807, 2.05) is 17.4 Å². The van der Waals surface area contributed by atoms with Crippen LogP contribution in [-0.2, 0) is 12.8 Å². The van der Waals surface area contributed by atoms with Crippen LogP contribution in [0.15, 0.2) is 29.1 Å². The molecule has 3 aromatic heterocycles. The average molecular weight is 354 g/mol. The van der Waals surface area contributed by atoms with Gasteiger partial charge in [0.15, 0.2) is 0 Å². The van der Waals surface area contributed by atoms with Crippen molar-refractivity contribution >= 4 is 27.4 Å². The molecule has 25 heavy (non-hydrogen) atoms. The Morgan fingerprint density at radius 3 is 2.96 bits per heavy atom. The number of furan rings is 1. The molecule has 0 spiro atoms. The van der Waals surface area contributed by atoms with Gasteiger partial charge in [-0.1, -0.05) is 0 Å². The van der Waals surface area contributed by atoms with Crippen molar-refractivity contribution in [2.75, 3.05) is 25.0 Å². The quantitative estimate of drug-likeness (QED) is 0.750. The van der Waals surface area contributed by atoms with Gasteiger partial charge < -0.3 is 9.73 Å². The number of hydrogen-bond acceptors (Lipinski definition) is 6. The Bertz CT molecular complexity index is 867. The third kappa shape index (κ3) is 2.73. The fourth-order valence-corrected chi connectivity index (χ4v) is 5.43. The SMILES string of the molecule is c1coc([C@H](CNc2ncnc3sc4c(c23)CCC4)N2CCCC2)c1. The van der Waals surface area contributed by atoms with Crippen molar-refractivity contribution in [1.29, 1.82) is 0 Å². The predicted octanol–water partition coefficient (Wildman–Crippen LogP) is 4.02. The Hall–Kier alpha value is -1.92. The molecule has 5 rings (SSSR count). The van der Waals surface area contributed by atoms with E-state index < -0.39 is 0 Å². The van der Waals surface area contributed by atoms with E-state index in [-0.39, 0.29) is 6.04 Å². The summed E-state index contributed by atoms with van der Waals surface area (Å²) in [5, 5.41) is 4.87. The molecule has 2 aliphatic rings. The van der Waals surface area contributed by atoms with E-state index in [4.69, 9.17) is 4.42 Å². The Labute approximate surface area is 151 Å². The molecule has 0 saturated carbocycles. The summed E-state index contributed by atoms with van der Waals surface area (Å²) in [6.45, 7) is 3.09. The van der Waals surface area contributed by atoms with Gasteiger partial charge in [0.05, 0.1) is 17.7 Å². The second-order valence-electron chi connectivity index (χ2n) is 6.91. The Morgan fingerprint density at radius 2 is 2.12 bits per heavy atom. The monoisotopic (exact) mass is 354 g/mol. The number of likely N-dealkylation sites (tertiary alicyclic amines) is 1. The molecule has 0 amide bonds. The number of fused-ring (bicyclic) bond motifs is 3. The first kappa shape index (κ1) is 15.3. The van der Waals surface area contributed by atoms with Crippen molar-refractivity contribution in [3.8, 4) is 0 Å². The molecule has 1 aliphatic heterocycles. The lowest BCUT2D eigenvalue weighted by Crippen LogP contribution is -2.31. The number of anilines is 1. The van der Waals surface area contributed by atoms with Gasteiger partial charge in [-0.15, -0.1) is 11.3 Å². The molecule has 130 valence electrons. The van der Waals surface area contributed by atoms with Gasteiger partial charge in [-0.2, -0.15) is 0 Å². The van der Waals surface area contributed by atoms with Crippen LogP contribution in [0.5, 0.6) is 0 Å². The molecular weight excluding hydrogens is 332 g/mol. The zero-order valence-electron chi connectivity index (χ0n) is 14.2. The zero-order valence-corrected chi connectivity index (χ0v) is 15.0. The number of nitrogens with zero attached hydrogens (tertiary/aromatic N) is 3. The highest BCUT2D eigenvalue weighted by Crippen LogP contribution is 2.39. The van der Waals surface area contributed by atoms with Crippen LogP contribution < -0.4 is 5.32 Å². The first-order chi connectivity index (χ1) is 12.4. The van der Waals surface area contributed by atoms with Gasteiger partial charge in [-0.3, -0.25) is 4.90 Å². The molecule has 0 unspecified atom stereocenters. The van der Waals surface area contributed by atoms with Crippen LogP contribution in [0.4, 0.5) is 5.82 Å². The molecule has 0 bridgehead atoms. The number of aryl methyl sites for hydroxylation is 2. The number of rotatable bonds is 5. The Balaban J connectivity index is 1.44. The number of aromatic nitrogens is 2. The topological polar surface area (TPSA) is 54.2 Å². The summed E-state index contributed by atoms with van der Waals surface area (Å²) < 4.78 is 5.73. The highest BCUT2D eigenvalue weighted by Gasteiger charge is 2.26. The maximum Gasteiger partial charge on any atom is 0.138 e. The molecular formula is C19H22N4OS. The molecule has 5 nitrogen and oxygen atoms in total. The number of hydrogen-bond donors (Lipinski definition) is 1. The van der Waals surface area contributed by atoms with Crippen LogP contribution in [-0.4, -0.2) is 34.5 Å². The largest absolute Gasteiger partial charge is 0.468 e. The van der Waals surface area contributed by atoms with Gasteiger partial charge in [0.2, 0.25) is 0 Å². The molecule has 1 N–H and O–H groups in total. The van der Waals surface area contributed by atoms with Crippen molar-refractivity contribution in [2.45, 2.75) is 38.1 Å². The third-order valence-corrected chi connectivity index (χ3v) is 6.62. The second kappa shape index (κ2) is 6.42. The molecule has 1 aliphatic carbocycles. The van der Waals surface area contributed by atoms with Gasteiger partial charge in [-0.05, 0) is 62.9 Å². The molecule has 0 aromatic carbocycles. The van der Waals surface area contributed by atoms with Gasteiger partial charge in [-0.25, -0.2) is 9.97 Å². The number of thiophene rings is 1. The van der Waals surface area contributed by atoms with Gasteiger partial charge in [0, 0.05) is 11.4 Å². The van der Waals surface area contributed by atoms with Crippen molar-refractivity contribution in [2.24, 2.45) is 0 Å². The normalized spacial score (nSPS) is 18.7.